The van der Waals surface area contributed by atoms with E-state index in [1.807, 2.05) is 35.0 Å². The normalized spacial score (nSPS) is 11.2. The fourth-order valence-corrected chi connectivity index (χ4v) is 4.12. The van der Waals surface area contributed by atoms with Crippen LogP contribution in [0.5, 0.6) is 0 Å². The highest BCUT2D eigenvalue weighted by Crippen LogP contribution is 2.30. The first kappa shape index (κ1) is 20.8. The molecule has 0 aliphatic carbocycles. The number of hydrogen-bond acceptors (Lipinski definition) is 6. The number of aryl methyl sites for hydroxylation is 1. The number of tetrazole rings is 1. The van der Waals surface area contributed by atoms with Gasteiger partial charge in [0.15, 0.2) is 11.5 Å². The number of hydrogen-bond donors (Lipinski definition) is 1. The van der Waals surface area contributed by atoms with Crippen LogP contribution in [0.3, 0.4) is 0 Å². The predicted octanol–water partition coefficient (Wildman–Crippen LogP) is 4.56. The van der Waals surface area contributed by atoms with Crippen molar-refractivity contribution in [3.63, 3.8) is 0 Å². The summed E-state index contributed by atoms with van der Waals surface area (Å²) in [4.78, 5) is 7.07. The van der Waals surface area contributed by atoms with Crippen LogP contribution in [0, 0.1) is 0 Å². The number of nitrogens with one attached hydrogen (secondary N) is 1. The van der Waals surface area contributed by atoms with E-state index < -0.39 is 0 Å². The summed E-state index contributed by atoms with van der Waals surface area (Å²) in [5.74, 6) is 1.74. The Labute approximate surface area is 192 Å². The van der Waals surface area contributed by atoms with Gasteiger partial charge in [0, 0.05) is 36.5 Å². The molecule has 0 fully saturated rings. The molecular formula is C25H26N8. The Kier molecular flexibility index (Phi) is 5.80. The fraction of sp³-hybridized carbons (Fsp3) is 0.240. The largest absolute Gasteiger partial charge is 0.352 e. The molecule has 0 aliphatic rings. The number of benzene rings is 2. The number of anilines is 1. The van der Waals surface area contributed by atoms with Crippen molar-refractivity contribution >= 4 is 11.5 Å². The van der Waals surface area contributed by atoms with E-state index in [-0.39, 0.29) is 0 Å². The Morgan fingerprint density at radius 3 is 2.52 bits per heavy atom. The summed E-state index contributed by atoms with van der Waals surface area (Å²) < 4.78 is 1.94. The molecule has 0 saturated carbocycles. The monoisotopic (exact) mass is 438 g/mol. The second-order valence-electron chi connectivity index (χ2n) is 7.97. The summed E-state index contributed by atoms with van der Waals surface area (Å²) in [6.07, 6.45) is 3.75. The van der Waals surface area contributed by atoms with E-state index in [4.69, 9.17) is 4.98 Å². The Bertz CT molecular complexity index is 1340. The summed E-state index contributed by atoms with van der Waals surface area (Å²) >= 11 is 0. The maximum Gasteiger partial charge on any atom is 0.180 e. The molecule has 5 rings (SSSR count). The third kappa shape index (κ3) is 4.19. The fourth-order valence-electron chi connectivity index (χ4n) is 4.12. The number of rotatable bonds is 8. The third-order valence-corrected chi connectivity index (χ3v) is 5.74. The van der Waals surface area contributed by atoms with Gasteiger partial charge in [-0.3, -0.25) is 0 Å². The molecule has 3 heterocycles. The standard InChI is InChI=1S/C25H26N8/c1-3-15-32(24-16-20(4-2)27-23-13-14-26-33(23)24)17-18-9-11-19(12-10-18)21-7-5-6-8-22(21)25-28-30-31-29-25/h5-14,16H,3-4,15,17H2,1-2H3,(H,28,29,30,31). The van der Waals surface area contributed by atoms with Crippen molar-refractivity contribution in [2.24, 2.45) is 0 Å². The van der Waals surface area contributed by atoms with Gasteiger partial charge in [-0.15, -0.1) is 5.10 Å². The van der Waals surface area contributed by atoms with Crippen LogP contribution in [0.4, 0.5) is 5.82 Å². The number of fused-ring (bicyclic) bond motifs is 1. The van der Waals surface area contributed by atoms with E-state index >= 15 is 0 Å². The van der Waals surface area contributed by atoms with Crippen LogP contribution < -0.4 is 4.90 Å². The van der Waals surface area contributed by atoms with Crippen LogP contribution in [0.2, 0.25) is 0 Å². The van der Waals surface area contributed by atoms with Gasteiger partial charge in [0.25, 0.3) is 0 Å². The second-order valence-corrected chi connectivity index (χ2v) is 7.97. The van der Waals surface area contributed by atoms with Crippen LogP contribution >= 0.6 is 0 Å². The third-order valence-electron chi connectivity index (χ3n) is 5.74. The quantitative estimate of drug-likeness (QED) is 0.382. The number of H-pyrrole nitrogens is 1. The van der Waals surface area contributed by atoms with Gasteiger partial charge >= 0.3 is 0 Å². The van der Waals surface area contributed by atoms with E-state index in [0.717, 1.165) is 59.8 Å². The van der Waals surface area contributed by atoms with E-state index in [1.54, 1.807) is 0 Å². The molecule has 0 bridgehead atoms. The zero-order valence-corrected chi connectivity index (χ0v) is 18.8. The highest BCUT2D eigenvalue weighted by atomic mass is 15.5. The Morgan fingerprint density at radius 1 is 0.970 bits per heavy atom. The molecule has 8 nitrogen and oxygen atoms in total. The van der Waals surface area contributed by atoms with Crippen molar-refractivity contribution in [1.29, 1.82) is 0 Å². The molecule has 33 heavy (non-hydrogen) atoms. The molecule has 0 radical (unpaired) electrons. The average molecular weight is 439 g/mol. The van der Waals surface area contributed by atoms with Gasteiger partial charge in [0.05, 0.1) is 6.20 Å². The van der Waals surface area contributed by atoms with Crippen LogP contribution in [-0.4, -0.2) is 41.8 Å². The minimum atomic E-state index is 0.663. The first-order valence-electron chi connectivity index (χ1n) is 11.3. The van der Waals surface area contributed by atoms with Crippen molar-refractivity contribution in [2.75, 3.05) is 11.4 Å². The predicted molar refractivity (Wildman–Crippen MR) is 129 cm³/mol. The van der Waals surface area contributed by atoms with E-state index in [1.165, 1.54) is 5.56 Å². The summed E-state index contributed by atoms with van der Waals surface area (Å²) in [5, 5.41) is 18.9. The maximum absolute atomic E-state index is 4.70. The highest BCUT2D eigenvalue weighted by molar-refractivity contribution is 5.80. The minimum absolute atomic E-state index is 0.663. The Morgan fingerprint density at radius 2 is 1.79 bits per heavy atom. The van der Waals surface area contributed by atoms with Gasteiger partial charge in [-0.1, -0.05) is 62.4 Å². The van der Waals surface area contributed by atoms with E-state index in [2.05, 4.69) is 80.9 Å². The highest BCUT2D eigenvalue weighted by Gasteiger charge is 2.14. The number of aromatic nitrogens is 7. The topological polar surface area (TPSA) is 87.9 Å². The summed E-state index contributed by atoms with van der Waals surface area (Å²) in [7, 11) is 0. The first-order valence-corrected chi connectivity index (χ1v) is 11.3. The zero-order chi connectivity index (χ0) is 22.6. The molecule has 0 aliphatic heterocycles. The van der Waals surface area contributed by atoms with Gasteiger partial charge < -0.3 is 4.90 Å². The second kappa shape index (κ2) is 9.20. The van der Waals surface area contributed by atoms with Crippen LogP contribution in [0.1, 0.15) is 31.5 Å². The molecule has 1 N–H and O–H groups in total. The SMILES string of the molecule is CCCN(Cc1ccc(-c2ccccc2-c2nnn[nH]2)cc1)c1cc(CC)nc2ccnn12. The lowest BCUT2D eigenvalue weighted by molar-refractivity contribution is 0.728. The van der Waals surface area contributed by atoms with E-state index in [0.29, 0.717) is 5.82 Å². The smallest absolute Gasteiger partial charge is 0.180 e. The Hall–Kier alpha value is -4.07. The molecule has 166 valence electrons. The van der Waals surface area contributed by atoms with Crippen molar-refractivity contribution in [1.82, 2.24) is 35.2 Å². The molecule has 0 unspecified atom stereocenters. The molecule has 5 aromatic rings. The van der Waals surface area contributed by atoms with Crippen LogP contribution in [0.25, 0.3) is 28.2 Å². The van der Waals surface area contributed by atoms with Crippen LogP contribution in [-0.2, 0) is 13.0 Å². The molecule has 0 amide bonds. The molecule has 2 aromatic carbocycles. The average Bonchev–Trinajstić information content (AvgIpc) is 3.56. The Balaban J connectivity index is 1.45. The maximum atomic E-state index is 4.70. The molecule has 8 heteroatoms. The molecule has 0 spiro atoms. The van der Waals surface area contributed by atoms with Crippen molar-refractivity contribution in [2.45, 2.75) is 33.2 Å². The lowest BCUT2D eigenvalue weighted by Gasteiger charge is -2.25. The first-order chi connectivity index (χ1) is 16.3. The lowest BCUT2D eigenvalue weighted by atomic mass is 9.98. The van der Waals surface area contributed by atoms with E-state index in [9.17, 15) is 0 Å². The lowest BCUT2D eigenvalue weighted by Crippen LogP contribution is -2.26. The van der Waals surface area contributed by atoms with Crippen molar-refractivity contribution < 1.29 is 0 Å². The summed E-state index contributed by atoms with van der Waals surface area (Å²) in [6, 6.07) is 21.0. The zero-order valence-electron chi connectivity index (χ0n) is 18.8. The molecule has 3 aromatic heterocycles. The summed E-state index contributed by atoms with van der Waals surface area (Å²) in [6.45, 7) is 6.07. The number of aromatic amines is 1. The van der Waals surface area contributed by atoms with Crippen molar-refractivity contribution in [3.8, 4) is 22.5 Å². The van der Waals surface area contributed by atoms with Gasteiger partial charge in [0.2, 0.25) is 0 Å². The molecule has 0 saturated heterocycles. The van der Waals surface area contributed by atoms with Crippen LogP contribution in [0.15, 0.2) is 66.9 Å². The van der Waals surface area contributed by atoms with Gasteiger partial charge in [0.1, 0.15) is 5.82 Å². The van der Waals surface area contributed by atoms with Gasteiger partial charge in [-0.25, -0.2) is 10.1 Å². The number of nitrogens with zero attached hydrogens (tertiary/aromatic N) is 7. The van der Waals surface area contributed by atoms with Gasteiger partial charge in [-0.2, -0.15) is 9.61 Å². The molecular weight excluding hydrogens is 412 g/mol. The minimum Gasteiger partial charge on any atom is -0.352 e. The van der Waals surface area contributed by atoms with Gasteiger partial charge in [-0.05, 0) is 40.0 Å². The van der Waals surface area contributed by atoms with Crippen molar-refractivity contribution in [3.05, 3.63) is 78.1 Å². The molecule has 0 atom stereocenters. The summed E-state index contributed by atoms with van der Waals surface area (Å²) in [5.41, 5.74) is 6.40.